The third-order valence-electron chi connectivity index (χ3n) is 4.89. The van der Waals surface area contributed by atoms with Crippen LogP contribution >= 0.6 is 15.9 Å². The number of rotatable bonds is 2. The molecule has 3 heterocycles. The zero-order chi connectivity index (χ0) is 19.1. The Morgan fingerprint density at radius 1 is 1.50 bits per heavy atom. The third kappa shape index (κ3) is 4.11. The fraction of sp³-hybridized carbons (Fsp3) is 0.647. The molecule has 3 rings (SSSR count). The van der Waals surface area contributed by atoms with Crippen LogP contribution in [0.15, 0.2) is 16.9 Å². The Kier molecular flexibility index (Phi) is 5.45. The molecule has 1 fully saturated rings. The van der Waals surface area contributed by atoms with Gasteiger partial charge < -0.3 is 19.3 Å². The smallest absolute Gasteiger partial charge is 0.407 e. The summed E-state index contributed by atoms with van der Waals surface area (Å²) in [4.78, 5) is 16.9. The molecule has 2 atom stereocenters. The van der Waals surface area contributed by atoms with Gasteiger partial charge in [-0.05, 0) is 42.8 Å². The van der Waals surface area contributed by atoms with Crippen LogP contribution in [-0.4, -0.2) is 49.1 Å². The Labute approximate surface area is 164 Å². The molecular formula is C17H24BrN3O4S. The number of nitrogens with zero attached hydrogens (tertiary/aromatic N) is 2. The van der Waals surface area contributed by atoms with Gasteiger partial charge in [0.2, 0.25) is 0 Å². The maximum atomic E-state index is 12.7. The summed E-state index contributed by atoms with van der Waals surface area (Å²) < 4.78 is 22.6. The summed E-state index contributed by atoms with van der Waals surface area (Å²) in [7, 11) is 0. The number of halogens is 1. The van der Waals surface area contributed by atoms with Crippen molar-refractivity contribution in [2.45, 2.75) is 56.4 Å². The number of piperidine rings is 1. The highest BCUT2D eigenvalue weighted by atomic mass is 79.9. The van der Waals surface area contributed by atoms with Crippen molar-refractivity contribution in [1.82, 2.24) is 14.6 Å². The minimum Gasteiger partial charge on any atom is -0.598 e. The summed E-state index contributed by atoms with van der Waals surface area (Å²) in [6, 6.07) is 1.75. The van der Waals surface area contributed by atoms with E-state index in [1.165, 1.54) is 4.90 Å². The van der Waals surface area contributed by atoms with Crippen LogP contribution in [0.4, 0.5) is 4.79 Å². The Morgan fingerprint density at radius 2 is 2.15 bits per heavy atom. The van der Waals surface area contributed by atoms with E-state index in [0.29, 0.717) is 42.7 Å². The second-order valence-corrected chi connectivity index (χ2v) is 10.7. The van der Waals surface area contributed by atoms with E-state index >= 15 is 0 Å². The van der Waals surface area contributed by atoms with Crippen molar-refractivity contribution in [1.29, 1.82) is 0 Å². The summed E-state index contributed by atoms with van der Waals surface area (Å²) >= 11 is 2.16. The van der Waals surface area contributed by atoms with E-state index in [9.17, 15) is 14.5 Å². The Bertz CT molecular complexity index is 689. The molecule has 1 unspecified atom stereocenters. The van der Waals surface area contributed by atoms with Crippen molar-refractivity contribution >= 4 is 33.4 Å². The molecular weight excluding hydrogens is 422 g/mol. The number of fused-ring (bicyclic) bond motifs is 1. The van der Waals surface area contributed by atoms with Gasteiger partial charge >= 0.3 is 6.09 Å². The van der Waals surface area contributed by atoms with Crippen LogP contribution in [0.1, 0.15) is 51.6 Å². The average Bonchev–Trinajstić information content (AvgIpc) is 2.55. The van der Waals surface area contributed by atoms with Gasteiger partial charge in [-0.3, -0.25) is 0 Å². The maximum absolute atomic E-state index is 12.7. The molecule has 2 aliphatic rings. The predicted molar refractivity (Wildman–Crippen MR) is 103 cm³/mol. The maximum Gasteiger partial charge on any atom is 0.407 e. The van der Waals surface area contributed by atoms with Gasteiger partial charge in [-0.25, -0.2) is 9.78 Å². The van der Waals surface area contributed by atoms with Gasteiger partial charge in [-0.15, -0.1) is 4.72 Å². The molecule has 2 aliphatic heterocycles. The highest BCUT2D eigenvalue weighted by Crippen LogP contribution is 2.45. The zero-order valence-electron chi connectivity index (χ0n) is 15.1. The number of likely N-dealkylation sites (tertiary alicyclic amines) is 1. The summed E-state index contributed by atoms with van der Waals surface area (Å²) in [6.45, 7) is 6.66. The first kappa shape index (κ1) is 19.7. The van der Waals surface area contributed by atoms with Crippen LogP contribution in [-0.2, 0) is 11.4 Å². The highest BCUT2D eigenvalue weighted by molar-refractivity contribution is 9.10. The van der Waals surface area contributed by atoms with Crippen molar-refractivity contribution in [3.05, 3.63) is 22.4 Å². The highest BCUT2D eigenvalue weighted by Gasteiger charge is 2.46. The molecule has 1 aromatic heterocycles. The van der Waals surface area contributed by atoms with Crippen LogP contribution in [0.5, 0.6) is 5.75 Å². The predicted octanol–water partition coefficient (Wildman–Crippen LogP) is 3.23. The minimum atomic E-state index is -1.23. The van der Waals surface area contributed by atoms with E-state index in [4.69, 9.17) is 4.74 Å². The summed E-state index contributed by atoms with van der Waals surface area (Å²) in [5, 5.41) is 9.19. The number of hydrogen-bond donors (Lipinski definition) is 2. The van der Waals surface area contributed by atoms with Crippen molar-refractivity contribution in [2.24, 2.45) is 0 Å². The standard InChI is InChI=1S/C17H24BrN3O4S/c1-16(2,3)26(24)20-12-9-17(4-6-21(7-5-17)15(22)23)25-13-10-19-14(18)8-11(12)13/h8,10,12,20H,4-7,9H2,1-3H3,(H,22,23)/t12-,26?/m0/s1. The molecule has 2 N–H and O–H groups in total. The number of aromatic nitrogens is 1. The Hall–Kier alpha value is -1.03. The lowest BCUT2D eigenvalue weighted by atomic mass is 9.81. The molecule has 7 nitrogen and oxygen atoms in total. The first-order valence-corrected chi connectivity index (χ1v) is 10.5. The third-order valence-corrected chi connectivity index (χ3v) is 6.94. The van der Waals surface area contributed by atoms with E-state index < -0.39 is 23.1 Å². The van der Waals surface area contributed by atoms with Gasteiger partial charge in [0.25, 0.3) is 0 Å². The number of ether oxygens (including phenoxy) is 1. The molecule has 0 bridgehead atoms. The van der Waals surface area contributed by atoms with Crippen molar-refractivity contribution in [3.8, 4) is 5.75 Å². The van der Waals surface area contributed by atoms with E-state index in [0.717, 1.165) is 5.56 Å². The molecule has 0 saturated carbocycles. The number of carbonyl (C=O) groups is 1. The largest absolute Gasteiger partial charge is 0.598 e. The molecule has 0 radical (unpaired) electrons. The van der Waals surface area contributed by atoms with Gasteiger partial charge in [-0.1, -0.05) is 0 Å². The molecule has 0 aromatic carbocycles. The monoisotopic (exact) mass is 445 g/mol. The van der Waals surface area contributed by atoms with Gasteiger partial charge in [0.1, 0.15) is 20.7 Å². The second kappa shape index (κ2) is 7.18. The minimum absolute atomic E-state index is 0.144. The topological polar surface area (TPSA) is 97.8 Å². The number of hydrogen-bond acceptors (Lipinski definition) is 5. The number of nitrogens with one attached hydrogen (secondary N) is 1. The van der Waals surface area contributed by atoms with E-state index in [-0.39, 0.29) is 10.8 Å². The van der Waals surface area contributed by atoms with Gasteiger partial charge in [0.15, 0.2) is 0 Å². The normalized spacial score (nSPS) is 23.3. The molecule has 144 valence electrons. The van der Waals surface area contributed by atoms with E-state index in [2.05, 4.69) is 25.6 Å². The molecule has 26 heavy (non-hydrogen) atoms. The van der Waals surface area contributed by atoms with Gasteiger partial charge in [0.05, 0.1) is 12.2 Å². The van der Waals surface area contributed by atoms with E-state index in [1.54, 1.807) is 6.20 Å². The summed E-state index contributed by atoms with van der Waals surface area (Å²) in [5.74, 6) is 0.673. The SMILES string of the molecule is CC(C)(C)[S+]([O-])N[C@H]1CC2(CCN(C(=O)O)CC2)Oc2cnc(Br)cc21. The molecule has 1 aromatic rings. The first-order chi connectivity index (χ1) is 12.1. The average molecular weight is 446 g/mol. The van der Waals surface area contributed by atoms with Crippen LogP contribution in [0.3, 0.4) is 0 Å². The molecule has 1 saturated heterocycles. The molecule has 1 spiro atoms. The van der Waals surface area contributed by atoms with Crippen LogP contribution < -0.4 is 9.46 Å². The number of carboxylic acid groups (broad SMARTS) is 1. The lowest BCUT2D eigenvalue weighted by Gasteiger charge is -2.46. The fourth-order valence-electron chi connectivity index (χ4n) is 3.37. The Balaban J connectivity index is 1.86. The summed E-state index contributed by atoms with van der Waals surface area (Å²) in [6.07, 6.45) is 2.64. The van der Waals surface area contributed by atoms with Crippen LogP contribution in [0, 0.1) is 0 Å². The van der Waals surface area contributed by atoms with E-state index in [1.807, 2.05) is 26.8 Å². The quantitative estimate of drug-likeness (QED) is 0.535. The zero-order valence-corrected chi connectivity index (χ0v) is 17.5. The van der Waals surface area contributed by atoms with Gasteiger partial charge in [0, 0.05) is 49.3 Å². The van der Waals surface area contributed by atoms with Gasteiger partial charge in [-0.2, -0.15) is 0 Å². The van der Waals surface area contributed by atoms with Crippen molar-refractivity contribution in [3.63, 3.8) is 0 Å². The van der Waals surface area contributed by atoms with Crippen molar-refractivity contribution < 1.29 is 19.2 Å². The second-order valence-electron chi connectivity index (χ2n) is 7.86. The van der Waals surface area contributed by atoms with Crippen molar-refractivity contribution in [2.75, 3.05) is 13.1 Å². The Morgan fingerprint density at radius 3 is 2.73 bits per heavy atom. The lowest BCUT2D eigenvalue weighted by molar-refractivity contribution is -0.0194. The first-order valence-electron chi connectivity index (χ1n) is 8.60. The molecule has 1 amide bonds. The number of amides is 1. The molecule has 0 aliphatic carbocycles. The molecule has 9 heteroatoms. The van der Waals surface area contributed by atoms with Crippen LogP contribution in [0.2, 0.25) is 0 Å². The van der Waals surface area contributed by atoms with Crippen LogP contribution in [0.25, 0.3) is 0 Å². The fourth-order valence-corrected chi connectivity index (χ4v) is 4.54. The lowest BCUT2D eigenvalue weighted by Crippen LogP contribution is -2.54. The number of pyridine rings is 1. The summed E-state index contributed by atoms with van der Waals surface area (Å²) in [5.41, 5.74) is 0.463.